The summed E-state index contributed by atoms with van der Waals surface area (Å²) in [6.45, 7) is 6.29. The number of nitrogens with zero attached hydrogens (tertiary/aromatic N) is 1. The minimum atomic E-state index is -0.342. The van der Waals surface area contributed by atoms with Gasteiger partial charge >= 0.3 is 0 Å². The van der Waals surface area contributed by atoms with E-state index in [0.717, 1.165) is 26.2 Å². The molecule has 1 N–H and O–H groups in total. The Morgan fingerprint density at radius 2 is 1.86 bits per heavy atom. The highest BCUT2D eigenvalue weighted by Crippen LogP contribution is 2.34. The molecule has 2 saturated heterocycles. The molecule has 0 saturated carbocycles. The maximum atomic E-state index is 5.37. The highest BCUT2D eigenvalue weighted by molar-refractivity contribution is 5.03. The van der Waals surface area contributed by atoms with Gasteiger partial charge < -0.3 is 14.8 Å². The molecule has 2 aliphatic heterocycles. The zero-order valence-electron chi connectivity index (χ0n) is 9.30. The lowest BCUT2D eigenvalue weighted by atomic mass is 9.92. The quantitative estimate of drug-likeness (QED) is 0.652. The fourth-order valence-corrected chi connectivity index (χ4v) is 2.33. The number of likely N-dealkylation sites (tertiary alicyclic amines) is 1. The molecule has 0 aliphatic carbocycles. The summed E-state index contributed by atoms with van der Waals surface area (Å²) in [6.07, 6.45) is 1.22. The maximum Gasteiger partial charge on any atom is 0.193 e. The zero-order valence-corrected chi connectivity index (χ0v) is 9.30. The molecule has 1 unspecified atom stereocenters. The fraction of sp³-hybridized carbons (Fsp3) is 1.00. The average Bonchev–Trinajstić information content (AvgIpc) is 2.53. The fourth-order valence-electron chi connectivity index (χ4n) is 2.33. The van der Waals surface area contributed by atoms with Crippen LogP contribution in [0.5, 0.6) is 0 Å². The third-order valence-electron chi connectivity index (χ3n) is 3.72. The number of methoxy groups -OCH3 is 2. The van der Waals surface area contributed by atoms with Gasteiger partial charge in [-0.15, -0.1) is 0 Å². The van der Waals surface area contributed by atoms with E-state index in [9.17, 15) is 0 Å². The highest BCUT2D eigenvalue weighted by Gasteiger charge is 2.51. The molecule has 82 valence electrons. The van der Waals surface area contributed by atoms with Crippen molar-refractivity contribution in [1.29, 1.82) is 0 Å². The normalized spacial score (nSPS) is 37.1. The van der Waals surface area contributed by atoms with Gasteiger partial charge in [-0.05, 0) is 19.9 Å². The number of hydrogen-bond donors (Lipinski definition) is 1. The van der Waals surface area contributed by atoms with Gasteiger partial charge in [-0.1, -0.05) is 0 Å². The van der Waals surface area contributed by atoms with Crippen molar-refractivity contribution in [2.75, 3.05) is 40.4 Å². The molecule has 0 aromatic heterocycles. The Labute approximate surface area is 85.5 Å². The van der Waals surface area contributed by atoms with Crippen molar-refractivity contribution in [3.8, 4) is 0 Å². The lowest BCUT2D eigenvalue weighted by Gasteiger charge is -2.54. The predicted octanol–water partition coefficient (Wildman–Crippen LogP) is 0.0431. The molecule has 0 bridgehead atoms. The Hall–Kier alpha value is -0.160. The largest absolute Gasteiger partial charge is 0.351 e. The maximum absolute atomic E-state index is 5.37. The Kier molecular flexibility index (Phi) is 2.55. The standard InChI is InChI=1S/C10H20N2O2/c1-9(4-5-11-6-9)12-7-10(8-12,13-2)14-3/h11H,4-8H2,1-3H3. The second-order valence-corrected chi connectivity index (χ2v) is 4.60. The van der Waals surface area contributed by atoms with Gasteiger partial charge in [-0.2, -0.15) is 0 Å². The summed E-state index contributed by atoms with van der Waals surface area (Å²) < 4.78 is 10.7. The summed E-state index contributed by atoms with van der Waals surface area (Å²) in [5.74, 6) is -0.342. The molecule has 0 aromatic rings. The molecule has 0 amide bonds. The van der Waals surface area contributed by atoms with Crippen molar-refractivity contribution in [3.05, 3.63) is 0 Å². The van der Waals surface area contributed by atoms with E-state index < -0.39 is 0 Å². The van der Waals surface area contributed by atoms with E-state index in [0.29, 0.717) is 5.54 Å². The van der Waals surface area contributed by atoms with Gasteiger partial charge in [-0.3, -0.25) is 4.90 Å². The molecular formula is C10H20N2O2. The van der Waals surface area contributed by atoms with Gasteiger partial charge in [0.15, 0.2) is 5.79 Å². The molecule has 2 fully saturated rings. The Morgan fingerprint density at radius 1 is 1.21 bits per heavy atom. The first-order chi connectivity index (χ1) is 6.64. The van der Waals surface area contributed by atoms with E-state index in [2.05, 4.69) is 17.1 Å². The molecule has 4 heteroatoms. The van der Waals surface area contributed by atoms with Crippen molar-refractivity contribution in [3.63, 3.8) is 0 Å². The monoisotopic (exact) mass is 200 g/mol. The van der Waals surface area contributed by atoms with Gasteiger partial charge in [0, 0.05) is 26.3 Å². The van der Waals surface area contributed by atoms with Crippen LogP contribution in [0.4, 0.5) is 0 Å². The van der Waals surface area contributed by atoms with Crippen LogP contribution in [0.1, 0.15) is 13.3 Å². The summed E-state index contributed by atoms with van der Waals surface area (Å²) in [5.41, 5.74) is 0.306. The van der Waals surface area contributed by atoms with E-state index >= 15 is 0 Å². The molecule has 2 heterocycles. The van der Waals surface area contributed by atoms with Crippen LogP contribution in [0, 0.1) is 0 Å². The van der Waals surface area contributed by atoms with Crippen molar-refractivity contribution in [2.45, 2.75) is 24.7 Å². The van der Waals surface area contributed by atoms with Crippen LogP contribution in [0.25, 0.3) is 0 Å². The van der Waals surface area contributed by atoms with Crippen molar-refractivity contribution in [2.24, 2.45) is 0 Å². The van der Waals surface area contributed by atoms with Crippen molar-refractivity contribution in [1.82, 2.24) is 10.2 Å². The Bertz CT molecular complexity index is 202. The Morgan fingerprint density at radius 3 is 2.29 bits per heavy atom. The SMILES string of the molecule is COC1(OC)CN(C2(C)CCNC2)C1. The topological polar surface area (TPSA) is 33.7 Å². The van der Waals surface area contributed by atoms with Gasteiger partial charge in [0.2, 0.25) is 0 Å². The minimum Gasteiger partial charge on any atom is -0.351 e. The summed E-state index contributed by atoms with van der Waals surface area (Å²) >= 11 is 0. The molecular weight excluding hydrogens is 180 g/mol. The second kappa shape index (κ2) is 3.45. The zero-order chi connectivity index (χ0) is 10.2. The lowest BCUT2D eigenvalue weighted by molar-refractivity contribution is -0.289. The first kappa shape index (κ1) is 10.4. The van der Waals surface area contributed by atoms with Gasteiger partial charge in [0.1, 0.15) is 0 Å². The molecule has 1 atom stereocenters. The average molecular weight is 200 g/mol. The summed E-state index contributed by atoms with van der Waals surface area (Å²) in [4.78, 5) is 2.44. The highest BCUT2D eigenvalue weighted by atomic mass is 16.7. The molecule has 2 aliphatic rings. The summed E-state index contributed by atoms with van der Waals surface area (Å²) in [6, 6.07) is 0. The first-order valence-electron chi connectivity index (χ1n) is 5.20. The molecule has 2 rings (SSSR count). The van der Waals surface area contributed by atoms with Gasteiger partial charge in [0.05, 0.1) is 13.1 Å². The van der Waals surface area contributed by atoms with Crippen LogP contribution < -0.4 is 5.32 Å². The number of nitrogens with one attached hydrogen (secondary N) is 1. The van der Waals surface area contributed by atoms with E-state index in [1.807, 2.05) is 0 Å². The van der Waals surface area contributed by atoms with E-state index in [4.69, 9.17) is 9.47 Å². The molecule has 0 aromatic carbocycles. The van der Waals surface area contributed by atoms with Crippen LogP contribution in [0.2, 0.25) is 0 Å². The number of ether oxygens (including phenoxy) is 2. The minimum absolute atomic E-state index is 0.306. The van der Waals surface area contributed by atoms with Gasteiger partial charge in [0.25, 0.3) is 0 Å². The number of hydrogen-bond acceptors (Lipinski definition) is 4. The van der Waals surface area contributed by atoms with Crippen molar-refractivity contribution < 1.29 is 9.47 Å². The van der Waals surface area contributed by atoms with E-state index in [1.165, 1.54) is 6.42 Å². The molecule has 14 heavy (non-hydrogen) atoms. The van der Waals surface area contributed by atoms with Crippen LogP contribution in [0.3, 0.4) is 0 Å². The summed E-state index contributed by atoms with van der Waals surface area (Å²) in [7, 11) is 3.44. The van der Waals surface area contributed by atoms with Crippen LogP contribution >= 0.6 is 0 Å². The first-order valence-corrected chi connectivity index (χ1v) is 5.20. The second-order valence-electron chi connectivity index (χ2n) is 4.60. The van der Waals surface area contributed by atoms with Crippen LogP contribution in [-0.2, 0) is 9.47 Å². The van der Waals surface area contributed by atoms with Gasteiger partial charge in [-0.25, -0.2) is 0 Å². The third kappa shape index (κ3) is 1.46. The van der Waals surface area contributed by atoms with Crippen LogP contribution in [0.15, 0.2) is 0 Å². The smallest absolute Gasteiger partial charge is 0.193 e. The van der Waals surface area contributed by atoms with E-state index in [1.54, 1.807) is 14.2 Å². The lowest BCUT2D eigenvalue weighted by Crippen LogP contribution is -2.70. The van der Waals surface area contributed by atoms with Crippen LogP contribution in [-0.4, -0.2) is 56.6 Å². The van der Waals surface area contributed by atoms with Crippen molar-refractivity contribution >= 4 is 0 Å². The molecule has 0 spiro atoms. The summed E-state index contributed by atoms with van der Waals surface area (Å²) in [5, 5.41) is 3.40. The molecule has 4 nitrogen and oxygen atoms in total. The predicted molar refractivity (Wildman–Crippen MR) is 54.2 cm³/mol. The number of rotatable bonds is 3. The van der Waals surface area contributed by atoms with E-state index in [-0.39, 0.29) is 5.79 Å². The Balaban J connectivity index is 1.93. The molecule has 0 radical (unpaired) electrons. The third-order valence-corrected chi connectivity index (χ3v) is 3.72.